The van der Waals surface area contributed by atoms with Crippen LogP contribution in [0.2, 0.25) is 0 Å². The lowest BCUT2D eigenvalue weighted by Crippen LogP contribution is -2.37. The lowest BCUT2D eigenvalue weighted by molar-refractivity contribution is -0.129. The molecule has 0 radical (unpaired) electrons. The SMILES string of the molecule is O=C(C=Cc1cccs1)N1CCCCC1c1nc2ccccc2s1. The number of likely N-dealkylation sites (tertiary alicyclic amines) is 1. The Labute approximate surface area is 149 Å². The van der Waals surface area contributed by atoms with E-state index in [1.165, 1.54) is 4.70 Å². The van der Waals surface area contributed by atoms with E-state index in [4.69, 9.17) is 4.98 Å². The van der Waals surface area contributed by atoms with Gasteiger partial charge in [-0.3, -0.25) is 4.79 Å². The number of amides is 1. The monoisotopic (exact) mass is 354 g/mol. The van der Waals surface area contributed by atoms with Gasteiger partial charge < -0.3 is 4.90 Å². The molecule has 1 unspecified atom stereocenters. The summed E-state index contributed by atoms with van der Waals surface area (Å²) in [5, 5.41) is 3.09. The summed E-state index contributed by atoms with van der Waals surface area (Å²) in [6.07, 6.45) is 6.84. The number of rotatable bonds is 3. The first-order chi connectivity index (χ1) is 11.8. The number of hydrogen-bond acceptors (Lipinski definition) is 4. The van der Waals surface area contributed by atoms with Gasteiger partial charge in [-0.05, 0) is 48.9 Å². The molecule has 0 bridgehead atoms. The highest BCUT2D eigenvalue weighted by Gasteiger charge is 2.29. The van der Waals surface area contributed by atoms with Crippen molar-refractivity contribution >= 4 is 44.9 Å². The van der Waals surface area contributed by atoms with Crippen molar-refractivity contribution in [3.05, 3.63) is 57.7 Å². The van der Waals surface area contributed by atoms with Crippen LogP contribution in [0.15, 0.2) is 47.9 Å². The first-order valence-corrected chi connectivity index (χ1v) is 9.88. The number of benzene rings is 1. The van der Waals surface area contributed by atoms with Crippen molar-refractivity contribution in [2.24, 2.45) is 0 Å². The number of aromatic nitrogens is 1. The van der Waals surface area contributed by atoms with Gasteiger partial charge in [0.05, 0.1) is 16.3 Å². The molecule has 24 heavy (non-hydrogen) atoms. The Morgan fingerprint density at radius 1 is 1.21 bits per heavy atom. The maximum Gasteiger partial charge on any atom is 0.247 e. The molecule has 4 rings (SSSR count). The summed E-state index contributed by atoms with van der Waals surface area (Å²) in [5.41, 5.74) is 1.03. The molecule has 1 amide bonds. The van der Waals surface area contributed by atoms with Crippen LogP contribution in [0.5, 0.6) is 0 Å². The number of fused-ring (bicyclic) bond motifs is 1. The molecule has 0 N–H and O–H groups in total. The molecule has 3 heterocycles. The van der Waals surface area contributed by atoms with Crippen LogP contribution in [0.1, 0.15) is 35.2 Å². The van der Waals surface area contributed by atoms with Crippen LogP contribution in [0, 0.1) is 0 Å². The minimum absolute atomic E-state index is 0.0901. The van der Waals surface area contributed by atoms with Crippen molar-refractivity contribution in [1.82, 2.24) is 9.88 Å². The molecule has 1 aliphatic heterocycles. The predicted molar refractivity (Wildman–Crippen MR) is 101 cm³/mol. The van der Waals surface area contributed by atoms with Gasteiger partial charge in [0.15, 0.2) is 0 Å². The molecule has 0 spiro atoms. The van der Waals surface area contributed by atoms with Gasteiger partial charge in [-0.2, -0.15) is 0 Å². The number of para-hydroxylation sites is 1. The topological polar surface area (TPSA) is 33.2 Å². The summed E-state index contributed by atoms with van der Waals surface area (Å²) in [6.45, 7) is 0.814. The van der Waals surface area contributed by atoms with E-state index in [2.05, 4.69) is 6.07 Å². The third kappa shape index (κ3) is 3.14. The van der Waals surface area contributed by atoms with E-state index in [1.807, 2.05) is 46.7 Å². The average Bonchev–Trinajstić information content (AvgIpc) is 3.29. The van der Waals surface area contributed by atoms with E-state index in [-0.39, 0.29) is 11.9 Å². The Hall–Kier alpha value is -1.98. The van der Waals surface area contributed by atoms with Gasteiger partial charge >= 0.3 is 0 Å². The van der Waals surface area contributed by atoms with Crippen molar-refractivity contribution in [3.63, 3.8) is 0 Å². The molecule has 1 saturated heterocycles. The van der Waals surface area contributed by atoms with Gasteiger partial charge in [-0.15, -0.1) is 22.7 Å². The molecule has 0 saturated carbocycles. The van der Waals surface area contributed by atoms with E-state index in [0.29, 0.717) is 0 Å². The summed E-state index contributed by atoms with van der Waals surface area (Å²) in [4.78, 5) is 20.6. The second-order valence-electron chi connectivity index (χ2n) is 5.91. The molecule has 122 valence electrons. The zero-order valence-corrected chi connectivity index (χ0v) is 14.9. The number of thiazole rings is 1. The van der Waals surface area contributed by atoms with Gasteiger partial charge in [-0.25, -0.2) is 4.98 Å². The Balaban J connectivity index is 1.59. The van der Waals surface area contributed by atoms with Crippen LogP contribution in [-0.4, -0.2) is 22.3 Å². The van der Waals surface area contributed by atoms with Gasteiger partial charge in [0.1, 0.15) is 5.01 Å². The van der Waals surface area contributed by atoms with E-state index in [1.54, 1.807) is 28.7 Å². The number of hydrogen-bond donors (Lipinski definition) is 0. The van der Waals surface area contributed by atoms with E-state index >= 15 is 0 Å². The minimum Gasteiger partial charge on any atom is -0.330 e. The summed E-state index contributed by atoms with van der Waals surface area (Å²) in [7, 11) is 0. The Bertz CT molecular complexity index is 834. The third-order valence-corrected chi connectivity index (χ3v) is 6.29. The molecular weight excluding hydrogens is 336 g/mol. The number of thiophene rings is 1. The molecule has 3 nitrogen and oxygen atoms in total. The minimum atomic E-state index is 0.0901. The zero-order chi connectivity index (χ0) is 16.4. The maximum atomic E-state index is 12.7. The fraction of sp³-hybridized carbons (Fsp3) is 0.263. The fourth-order valence-electron chi connectivity index (χ4n) is 3.12. The Morgan fingerprint density at radius 3 is 2.96 bits per heavy atom. The Morgan fingerprint density at radius 2 is 2.12 bits per heavy atom. The first-order valence-electron chi connectivity index (χ1n) is 8.19. The highest BCUT2D eigenvalue weighted by Crippen LogP contribution is 2.35. The molecule has 1 fully saturated rings. The maximum absolute atomic E-state index is 12.7. The zero-order valence-electron chi connectivity index (χ0n) is 13.2. The molecule has 1 aromatic carbocycles. The number of piperidine rings is 1. The molecular formula is C19H18N2OS2. The van der Waals surface area contributed by atoms with Crippen molar-refractivity contribution in [1.29, 1.82) is 0 Å². The molecule has 2 aromatic heterocycles. The highest BCUT2D eigenvalue weighted by atomic mass is 32.1. The molecule has 3 aromatic rings. The van der Waals surface area contributed by atoms with E-state index < -0.39 is 0 Å². The van der Waals surface area contributed by atoms with Crippen molar-refractivity contribution in [3.8, 4) is 0 Å². The van der Waals surface area contributed by atoms with Crippen LogP contribution in [0.4, 0.5) is 0 Å². The van der Waals surface area contributed by atoms with Crippen LogP contribution >= 0.6 is 22.7 Å². The third-order valence-electron chi connectivity index (χ3n) is 4.31. The van der Waals surface area contributed by atoms with Crippen LogP contribution in [-0.2, 0) is 4.79 Å². The second-order valence-corrected chi connectivity index (χ2v) is 7.95. The lowest BCUT2D eigenvalue weighted by Gasteiger charge is -2.33. The first kappa shape index (κ1) is 15.5. The Kier molecular flexibility index (Phi) is 4.45. The van der Waals surface area contributed by atoms with E-state index in [0.717, 1.165) is 41.2 Å². The second kappa shape index (κ2) is 6.87. The van der Waals surface area contributed by atoms with Crippen LogP contribution in [0.25, 0.3) is 16.3 Å². The van der Waals surface area contributed by atoms with Crippen molar-refractivity contribution in [2.75, 3.05) is 6.54 Å². The summed E-state index contributed by atoms with van der Waals surface area (Å²) >= 11 is 3.36. The molecule has 5 heteroatoms. The van der Waals surface area contributed by atoms with Crippen molar-refractivity contribution < 1.29 is 4.79 Å². The van der Waals surface area contributed by atoms with Crippen LogP contribution in [0.3, 0.4) is 0 Å². The average molecular weight is 354 g/mol. The number of carbonyl (C=O) groups is 1. The smallest absolute Gasteiger partial charge is 0.247 e. The normalized spacial score (nSPS) is 18.5. The summed E-state index contributed by atoms with van der Waals surface area (Å²) < 4.78 is 1.19. The summed E-state index contributed by atoms with van der Waals surface area (Å²) in [5.74, 6) is 0.0901. The lowest BCUT2D eigenvalue weighted by atomic mass is 10.0. The van der Waals surface area contributed by atoms with E-state index in [9.17, 15) is 4.79 Å². The standard InChI is InChI=1S/C19H18N2OS2/c22-18(11-10-14-6-5-13-23-14)21-12-4-3-8-16(21)19-20-15-7-1-2-9-17(15)24-19/h1-2,5-7,9-11,13,16H,3-4,8,12H2. The van der Waals surface area contributed by atoms with Gasteiger partial charge in [-0.1, -0.05) is 18.2 Å². The largest absolute Gasteiger partial charge is 0.330 e. The fourth-order valence-corrected chi connectivity index (χ4v) is 4.85. The van der Waals surface area contributed by atoms with Crippen LogP contribution < -0.4 is 0 Å². The number of carbonyl (C=O) groups excluding carboxylic acids is 1. The molecule has 1 atom stereocenters. The summed E-state index contributed by atoms with van der Waals surface area (Å²) in [6, 6.07) is 12.3. The van der Waals surface area contributed by atoms with Gasteiger partial charge in [0.25, 0.3) is 0 Å². The van der Waals surface area contributed by atoms with Crippen molar-refractivity contribution in [2.45, 2.75) is 25.3 Å². The van der Waals surface area contributed by atoms with Gasteiger partial charge in [0, 0.05) is 17.5 Å². The number of nitrogens with zero attached hydrogens (tertiary/aromatic N) is 2. The molecule has 0 aliphatic carbocycles. The van der Waals surface area contributed by atoms with Gasteiger partial charge in [0.2, 0.25) is 5.91 Å². The quantitative estimate of drug-likeness (QED) is 0.611. The molecule has 1 aliphatic rings. The highest BCUT2D eigenvalue weighted by molar-refractivity contribution is 7.18. The predicted octanol–water partition coefficient (Wildman–Crippen LogP) is 5.12.